The van der Waals surface area contributed by atoms with Crippen molar-refractivity contribution in [1.29, 1.82) is 0 Å². The van der Waals surface area contributed by atoms with Gasteiger partial charge in [0.1, 0.15) is 0 Å². The molecule has 3 nitrogen and oxygen atoms in total. The summed E-state index contributed by atoms with van der Waals surface area (Å²) in [7, 11) is 0. The van der Waals surface area contributed by atoms with Crippen molar-refractivity contribution in [2.45, 2.75) is 19.3 Å². The van der Waals surface area contributed by atoms with Gasteiger partial charge in [-0.15, -0.1) is 6.58 Å². The molecule has 0 rings (SSSR count). The van der Waals surface area contributed by atoms with E-state index in [2.05, 4.69) is 11.9 Å². The topological polar surface area (TPSA) is 55.1 Å². The summed E-state index contributed by atoms with van der Waals surface area (Å²) in [6.45, 7) is 4.81. The Bertz CT molecular complexity index is 123. The third-order valence-electron chi connectivity index (χ3n) is 1.28. The van der Waals surface area contributed by atoms with Gasteiger partial charge in [-0.2, -0.15) is 0 Å². The maximum Gasteiger partial charge on any atom is 0.220 e. The number of nitrogens with one attached hydrogen (secondary N) is 1. The lowest BCUT2D eigenvalue weighted by Crippen LogP contribution is -2.24. The number of carbonyl (C=O) groups is 1. The third-order valence-corrected chi connectivity index (χ3v) is 1.28. The van der Waals surface area contributed by atoms with Crippen molar-refractivity contribution in [3.05, 3.63) is 12.7 Å². The summed E-state index contributed by atoms with van der Waals surface area (Å²) in [6, 6.07) is 0. The van der Waals surface area contributed by atoms with E-state index in [1.807, 2.05) is 0 Å². The quantitative estimate of drug-likeness (QED) is 0.432. The lowest BCUT2D eigenvalue weighted by molar-refractivity contribution is -0.121. The van der Waals surface area contributed by atoms with E-state index >= 15 is 0 Å². The highest BCUT2D eigenvalue weighted by atomic mass is 16.1. The number of hydrogen-bond donors (Lipinski definition) is 2. The lowest BCUT2D eigenvalue weighted by Gasteiger charge is -2.01. The summed E-state index contributed by atoms with van der Waals surface area (Å²) in [5.41, 5.74) is 5.24. The van der Waals surface area contributed by atoms with E-state index in [1.165, 1.54) is 0 Å². The zero-order chi connectivity index (χ0) is 8.53. The fraction of sp³-hybridized carbons (Fsp3) is 0.625. The van der Waals surface area contributed by atoms with Gasteiger partial charge in [-0.1, -0.05) is 6.08 Å². The SMILES string of the molecule is C=CCCNC(=O)CCCN. The van der Waals surface area contributed by atoms with Gasteiger partial charge in [-0.25, -0.2) is 0 Å². The summed E-state index contributed by atoms with van der Waals surface area (Å²) >= 11 is 0. The van der Waals surface area contributed by atoms with Gasteiger partial charge in [-0.3, -0.25) is 4.79 Å². The Morgan fingerprint density at radius 3 is 2.91 bits per heavy atom. The number of nitrogens with two attached hydrogens (primary N) is 1. The predicted octanol–water partition coefficient (Wildman–Crippen LogP) is 0.418. The van der Waals surface area contributed by atoms with Gasteiger partial charge in [0.2, 0.25) is 5.91 Å². The fourth-order valence-corrected chi connectivity index (χ4v) is 0.665. The molecule has 0 saturated heterocycles. The second-order valence-corrected chi connectivity index (χ2v) is 2.32. The van der Waals surface area contributed by atoms with E-state index in [0.29, 0.717) is 19.5 Å². The average molecular weight is 156 g/mol. The van der Waals surface area contributed by atoms with Crippen molar-refractivity contribution in [3.8, 4) is 0 Å². The number of amides is 1. The molecular formula is C8H16N2O. The van der Waals surface area contributed by atoms with Crippen molar-refractivity contribution >= 4 is 5.91 Å². The fourth-order valence-electron chi connectivity index (χ4n) is 0.665. The molecule has 11 heavy (non-hydrogen) atoms. The monoisotopic (exact) mass is 156 g/mol. The zero-order valence-electron chi connectivity index (χ0n) is 6.81. The van der Waals surface area contributed by atoms with E-state index in [4.69, 9.17) is 5.73 Å². The van der Waals surface area contributed by atoms with Crippen LogP contribution in [0, 0.1) is 0 Å². The van der Waals surface area contributed by atoms with Crippen molar-refractivity contribution in [1.82, 2.24) is 5.32 Å². The minimum Gasteiger partial charge on any atom is -0.356 e. The second-order valence-electron chi connectivity index (χ2n) is 2.32. The Hall–Kier alpha value is -0.830. The molecule has 0 aromatic carbocycles. The standard InChI is InChI=1S/C8H16N2O/c1-2-3-7-10-8(11)5-4-6-9/h2H,1,3-7,9H2,(H,10,11). The Morgan fingerprint density at radius 2 is 2.36 bits per heavy atom. The van der Waals surface area contributed by atoms with Gasteiger partial charge in [0.15, 0.2) is 0 Å². The molecular weight excluding hydrogens is 140 g/mol. The van der Waals surface area contributed by atoms with Crippen LogP contribution in [0.25, 0.3) is 0 Å². The molecule has 0 aliphatic heterocycles. The van der Waals surface area contributed by atoms with Crippen LogP contribution in [0.2, 0.25) is 0 Å². The molecule has 3 N–H and O–H groups in total. The van der Waals surface area contributed by atoms with E-state index in [1.54, 1.807) is 6.08 Å². The third kappa shape index (κ3) is 7.06. The highest BCUT2D eigenvalue weighted by Crippen LogP contribution is 1.85. The number of carbonyl (C=O) groups excluding carboxylic acids is 1. The summed E-state index contributed by atoms with van der Waals surface area (Å²) in [6.07, 6.45) is 3.91. The first-order valence-corrected chi connectivity index (χ1v) is 3.89. The molecule has 0 aromatic rings. The van der Waals surface area contributed by atoms with Crippen LogP contribution in [0.3, 0.4) is 0 Å². The smallest absolute Gasteiger partial charge is 0.220 e. The molecule has 0 aromatic heterocycles. The maximum atomic E-state index is 10.9. The van der Waals surface area contributed by atoms with Gasteiger partial charge in [0.25, 0.3) is 0 Å². The van der Waals surface area contributed by atoms with Crippen LogP contribution in [0.5, 0.6) is 0 Å². The summed E-state index contributed by atoms with van der Waals surface area (Å²) < 4.78 is 0. The Morgan fingerprint density at radius 1 is 1.64 bits per heavy atom. The Kier molecular flexibility index (Phi) is 6.73. The zero-order valence-corrected chi connectivity index (χ0v) is 6.81. The minimum atomic E-state index is 0.0808. The van der Waals surface area contributed by atoms with Crippen LogP contribution >= 0.6 is 0 Å². The first-order chi connectivity index (χ1) is 5.31. The number of rotatable bonds is 6. The van der Waals surface area contributed by atoms with Gasteiger partial charge in [0, 0.05) is 13.0 Å². The van der Waals surface area contributed by atoms with Crippen LogP contribution in [-0.4, -0.2) is 19.0 Å². The van der Waals surface area contributed by atoms with Crippen LogP contribution in [0.4, 0.5) is 0 Å². The molecule has 0 fully saturated rings. The van der Waals surface area contributed by atoms with Gasteiger partial charge >= 0.3 is 0 Å². The van der Waals surface area contributed by atoms with E-state index in [-0.39, 0.29) is 5.91 Å². The number of hydrogen-bond acceptors (Lipinski definition) is 2. The van der Waals surface area contributed by atoms with Gasteiger partial charge in [0.05, 0.1) is 0 Å². The van der Waals surface area contributed by atoms with Gasteiger partial charge in [-0.05, 0) is 19.4 Å². The van der Waals surface area contributed by atoms with Crippen molar-refractivity contribution in [2.75, 3.05) is 13.1 Å². The molecule has 0 heterocycles. The largest absolute Gasteiger partial charge is 0.356 e. The Balaban J connectivity index is 3.15. The molecule has 64 valence electrons. The average Bonchev–Trinajstić information content (AvgIpc) is 2.01. The molecule has 3 heteroatoms. The van der Waals surface area contributed by atoms with E-state index < -0.39 is 0 Å². The summed E-state index contributed by atoms with van der Waals surface area (Å²) in [5.74, 6) is 0.0808. The first-order valence-electron chi connectivity index (χ1n) is 3.89. The maximum absolute atomic E-state index is 10.9. The molecule has 0 saturated carbocycles. The van der Waals surface area contributed by atoms with E-state index in [9.17, 15) is 4.79 Å². The van der Waals surface area contributed by atoms with E-state index in [0.717, 1.165) is 12.8 Å². The molecule has 0 atom stereocenters. The minimum absolute atomic E-state index is 0.0808. The van der Waals surface area contributed by atoms with Crippen molar-refractivity contribution in [2.24, 2.45) is 5.73 Å². The van der Waals surface area contributed by atoms with Crippen LogP contribution < -0.4 is 11.1 Å². The molecule has 1 amide bonds. The molecule has 0 radical (unpaired) electrons. The molecule has 0 aliphatic carbocycles. The Labute approximate surface area is 67.7 Å². The molecule has 0 unspecified atom stereocenters. The predicted molar refractivity (Wildman–Crippen MR) is 46.1 cm³/mol. The van der Waals surface area contributed by atoms with Crippen LogP contribution in [0.15, 0.2) is 12.7 Å². The molecule has 0 aliphatic rings. The van der Waals surface area contributed by atoms with Gasteiger partial charge < -0.3 is 11.1 Å². The molecule has 0 bridgehead atoms. The summed E-state index contributed by atoms with van der Waals surface area (Å²) in [5, 5.41) is 2.75. The van der Waals surface area contributed by atoms with Crippen LogP contribution in [-0.2, 0) is 4.79 Å². The highest BCUT2D eigenvalue weighted by Gasteiger charge is 1.96. The second kappa shape index (κ2) is 7.28. The van der Waals surface area contributed by atoms with Crippen molar-refractivity contribution in [3.63, 3.8) is 0 Å². The highest BCUT2D eigenvalue weighted by molar-refractivity contribution is 5.75. The normalized spacial score (nSPS) is 9.18. The molecule has 0 spiro atoms. The lowest BCUT2D eigenvalue weighted by atomic mass is 10.3. The van der Waals surface area contributed by atoms with Crippen molar-refractivity contribution < 1.29 is 4.79 Å². The summed E-state index contributed by atoms with van der Waals surface area (Å²) in [4.78, 5) is 10.9. The first kappa shape index (κ1) is 10.2. The van der Waals surface area contributed by atoms with Crippen LogP contribution in [0.1, 0.15) is 19.3 Å².